The third-order valence-electron chi connectivity index (χ3n) is 1.01. The number of anilines is 2. The highest BCUT2D eigenvalue weighted by Crippen LogP contribution is 2.09. The maximum Gasteiger partial charge on any atom is 0.289 e. The van der Waals surface area contributed by atoms with Gasteiger partial charge in [0.05, 0.1) is 0 Å². The highest BCUT2D eigenvalue weighted by molar-refractivity contribution is 5.60. The maximum atomic E-state index is 10.5. The van der Waals surface area contributed by atoms with Crippen molar-refractivity contribution in [1.29, 1.82) is 0 Å². The van der Waals surface area contributed by atoms with Crippen LogP contribution in [0.15, 0.2) is 4.79 Å². The lowest BCUT2D eigenvalue weighted by Gasteiger charge is -2.21. The van der Waals surface area contributed by atoms with E-state index in [2.05, 4.69) is 10.2 Å². The minimum Gasteiger partial charge on any atom is -0.742 e. The van der Waals surface area contributed by atoms with Crippen LogP contribution in [0.25, 0.3) is 0 Å². The fourth-order valence-electron chi connectivity index (χ4n) is 0.532. The van der Waals surface area contributed by atoms with Gasteiger partial charge >= 0.3 is 0 Å². The molecular formula is C3H6N5O2-. The standard InChI is InChI=1S/C3H6N5O2/c4-1-2(8(5)10)6-7-3(1)9/h4-5H2,(H2,6,7,9)/q-1. The van der Waals surface area contributed by atoms with Gasteiger partial charge in [-0.3, -0.25) is 20.8 Å². The van der Waals surface area contributed by atoms with E-state index in [4.69, 9.17) is 11.6 Å². The molecule has 0 saturated carbocycles. The molecule has 0 amide bonds. The second-order valence-electron chi connectivity index (χ2n) is 1.67. The van der Waals surface area contributed by atoms with Gasteiger partial charge in [0, 0.05) is 0 Å². The Morgan fingerprint density at radius 2 is 2.10 bits per heavy atom. The Labute approximate surface area is 55.1 Å². The number of H-pyrrole nitrogens is 2. The molecule has 0 spiro atoms. The van der Waals surface area contributed by atoms with Crippen LogP contribution in [0.4, 0.5) is 11.5 Å². The first-order chi connectivity index (χ1) is 4.63. The molecule has 6 N–H and O–H groups in total. The molecule has 1 aromatic rings. The molecule has 7 heteroatoms. The minimum atomic E-state index is -0.554. The Morgan fingerprint density at radius 1 is 1.50 bits per heavy atom. The summed E-state index contributed by atoms with van der Waals surface area (Å²) in [5, 5.41) is 14.6. The molecule has 7 nitrogen and oxygen atoms in total. The van der Waals surface area contributed by atoms with Crippen molar-refractivity contribution in [3.8, 4) is 0 Å². The summed E-state index contributed by atoms with van der Waals surface area (Å²) in [7, 11) is 0. The number of hydrogen-bond acceptors (Lipinski definition) is 5. The first-order valence-electron chi connectivity index (χ1n) is 2.41. The zero-order valence-corrected chi connectivity index (χ0v) is 4.92. The van der Waals surface area contributed by atoms with Gasteiger partial charge in [-0.1, -0.05) is 0 Å². The Morgan fingerprint density at radius 3 is 2.30 bits per heavy atom. The summed E-state index contributed by atoms with van der Waals surface area (Å²) in [5.74, 6) is 4.57. The van der Waals surface area contributed by atoms with Crippen molar-refractivity contribution in [2.24, 2.45) is 5.84 Å². The summed E-state index contributed by atoms with van der Waals surface area (Å²) in [6.45, 7) is 0. The van der Waals surface area contributed by atoms with Gasteiger partial charge in [-0.2, -0.15) is 0 Å². The van der Waals surface area contributed by atoms with Gasteiger partial charge < -0.3 is 16.1 Å². The normalized spacial score (nSPS) is 9.80. The molecule has 10 heavy (non-hydrogen) atoms. The number of nitrogens with one attached hydrogen (secondary N) is 2. The fourth-order valence-corrected chi connectivity index (χ4v) is 0.532. The predicted octanol–water partition coefficient (Wildman–Crippen LogP) is -1.54. The van der Waals surface area contributed by atoms with Crippen LogP contribution >= 0.6 is 0 Å². The van der Waals surface area contributed by atoms with E-state index >= 15 is 0 Å². The molecule has 0 aliphatic rings. The zero-order valence-electron chi connectivity index (χ0n) is 4.92. The Bertz CT molecular complexity index is 273. The molecule has 0 saturated heterocycles. The highest BCUT2D eigenvalue weighted by atomic mass is 16.5. The smallest absolute Gasteiger partial charge is 0.289 e. The second kappa shape index (κ2) is 2.05. The van der Waals surface area contributed by atoms with Crippen LogP contribution in [0, 0.1) is 5.21 Å². The average Bonchev–Trinajstić information content (AvgIpc) is 2.14. The van der Waals surface area contributed by atoms with Crippen LogP contribution in [0.1, 0.15) is 0 Å². The SMILES string of the molecule is Nc1c(N(N)[O-])[nH][nH]c1=O. The Balaban J connectivity index is 3.18. The van der Waals surface area contributed by atoms with Crippen LogP contribution in [-0.4, -0.2) is 10.2 Å². The summed E-state index contributed by atoms with van der Waals surface area (Å²) < 4.78 is 0. The Kier molecular flexibility index (Phi) is 1.36. The fraction of sp³-hybridized carbons (Fsp3) is 0. The van der Waals surface area contributed by atoms with Crippen molar-refractivity contribution in [3.05, 3.63) is 15.6 Å². The van der Waals surface area contributed by atoms with Gasteiger partial charge in [0.1, 0.15) is 5.69 Å². The molecule has 0 fully saturated rings. The van der Waals surface area contributed by atoms with E-state index in [1.54, 1.807) is 0 Å². The summed E-state index contributed by atoms with van der Waals surface area (Å²) in [6.07, 6.45) is 0. The lowest BCUT2D eigenvalue weighted by atomic mass is 10.5. The van der Waals surface area contributed by atoms with E-state index in [0.29, 0.717) is 0 Å². The third-order valence-corrected chi connectivity index (χ3v) is 1.01. The summed E-state index contributed by atoms with van der Waals surface area (Å²) in [5.41, 5.74) is 4.34. The summed E-state index contributed by atoms with van der Waals surface area (Å²) in [4.78, 5) is 10.5. The molecule has 0 radical (unpaired) electrons. The van der Waals surface area contributed by atoms with Crippen molar-refractivity contribution in [2.45, 2.75) is 0 Å². The first kappa shape index (κ1) is 6.65. The topological polar surface area (TPSA) is 127 Å². The van der Waals surface area contributed by atoms with Crippen LogP contribution in [0.3, 0.4) is 0 Å². The van der Waals surface area contributed by atoms with Crippen molar-refractivity contribution in [3.63, 3.8) is 0 Å². The summed E-state index contributed by atoms with van der Waals surface area (Å²) >= 11 is 0. The molecule has 0 aromatic carbocycles. The number of rotatable bonds is 1. The van der Waals surface area contributed by atoms with Crippen LogP contribution in [0.2, 0.25) is 0 Å². The van der Waals surface area contributed by atoms with E-state index in [-0.39, 0.29) is 16.7 Å². The van der Waals surface area contributed by atoms with Gasteiger partial charge in [-0.15, -0.1) is 0 Å². The van der Waals surface area contributed by atoms with Gasteiger partial charge in [-0.05, 0) is 0 Å². The monoisotopic (exact) mass is 144 g/mol. The highest BCUT2D eigenvalue weighted by Gasteiger charge is 2.03. The lowest BCUT2D eigenvalue weighted by molar-refractivity contribution is 0.985. The molecule has 56 valence electrons. The number of aromatic amines is 2. The number of nitrogens with zero attached hydrogens (tertiary/aromatic N) is 1. The van der Waals surface area contributed by atoms with Crippen LogP contribution in [0.5, 0.6) is 0 Å². The molecule has 0 unspecified atom stereocenters. The predicted molar refractivity (Wildman–Crippen MR) is 35.9 cm³/mol. The molecule has 1 rings (SSSR count). The summed E-state index contributed by atoms with van der Waals surface area (Å²) in [6, 6.07) is 0. The zero-order chi connectivity index (χ0) is 7.72. The maximum absolute atomic E-state index is 10.5. The number of aromatic nitrogens is 2. The van der Waals surface area contributed by atoms with E-state index in [0.717, 1.165) is 0 Å². The van der Waals surface area contributed by atoms with E-state index in [1.807, 2.05) is 0 Å². The number of hydrogen-bond donors (Lipinski definition) is 4. The minimum absolute atomic E-state index is 0.0206. The molecule has 0 atom stereocenters. The number of nitrogens with two attached hydrogens (primary N) is 2. The van der Waals surface area contributed by atoms with Crippen molar-refractivity contribution in [1.82, 2.24) is 10.2 Å². The molecule has 0 bridgehead atoms. The van der Waals surface area contributed by atoms with Gasteiger partial charge in [0.15, 0.2) is 5.82 Å². The molecular weight excluding hydrogens is 138 g/mol. The number of hydrazine groups is 1. The lowest BCUT2D eigenvalue weighted by Crippen LogP contribution is -2.24. The first-order valence-corrected chi connectivity index (χ1v) is 2.41. The second-order valence-corrected chi connectivity index (χ2v) is 1.67. The van der Waals surface area contributed by atoms with Crippen molar-refractivity contribution < 1.29 is 0 Å². The van der Waals surface area contributed by atoms with Crippen molar-refractivity contribution in [2.75, 3.05) is 10.9 Å². The number of nitrogen functional groups attached to an aromatic ring is 1. The third kappa shape index (κ3) is 0.828. The van der Waals surface area contributed by atoms with Crippen LogP contribution < -0.4 is 22.3 Å². The van der Waals surface area contributed by atoms with Crippen molar-refractivity contribution >= 4 is 11.5 Å². The largest absolute Gasteiger partial charge is 0.742 e. The van der Waals surface area contributed by atoms with E-state index in [9.17, 15) is 10.0 Å². The van der Waals surface area contributed by atoms with Gasteiger partial charge in [0.25, 0.3) is 5.56 Å². The van der Waals surface area contributed by atoms with E-state index in [1.165, 1.54) is 0 Å². The van der Waals surface area contributed by atoms with Crippen LogP contribution in [-0.2, 0) is 0 Å². The Hall–Kier alpha value is -1.47. The average molecular weight is 144 g/mol. The van der Waals surface area contributed by atoms with Gasteiger partial charge in [0.2, 0.25) is 0 Å². The molecule has 0 aliphatic heterocycles. The molecule has 1 aromatic heterocycles. The molecule has 0 aliphatic carbocycles. The van der Waals surface area contributed by atoms with E-state index < -0.39 is 5.56 Å². The quantitative estimate of drug-likeness (QED) is 0.280. The molecule has 1 heterocycles. The van der Waals surface area contributed by atoms with Gasteiger partial charge in [-0.25, -0.2) is 0 Å².